The highest BCUT2D eigenvalue weighted by Crippen LogP contribution is 2.15. The molecule has 1 heterocycles. The van der Waals surface area contributed by atoms with Crippen molar-refractivity contribution in [3.05, 3.63) is 60.2 Å². The Morgan fingerprint density at radius 3 is 2.67 bits per heavy atom. The van der Waals surface area contributed by atoms with E-state index >= 15 is 0 Å². The first kappa shape index (κ1) is 13.8. The first-order chi connectivity index (χ1) is 10.2. The Bertz CT molecular complexity index is 730. The summed E-state index contributed by atoms with van der Waals surface area (Å²) in [5.41, 5.74) is 1.28. The molecule has 0 aliphatic heterocycles. The molecular weight excluding hydrogens is 260 g/mol. The van der Waals surface area contributed by atoms with Crippen molar-refractivity contribution >= 4 is 10.8 Å². The predicted molar refractivity (Wildman–Crippen MR) is 84.9 cm³/mol. The Morgan fingerprint density at radius 2 is 1.86 bits per heavy atom. The van der Waals surface area contributed by atoms with Crippen molar-refractivity contribution in [2.24, 2.45) is 0 Å². The molecule has 21 heavy (non-hydrogen) atoms. The van der Waals surface area contributed by atoms with E-state index in [-0.39, 0.29) is 0 Å². The molecule has 0 radical (unpaired) electrons. The molecule has 0 amide bonds. The van der Waals surface area contributed by atoms with Gasteiger partial charge >= 0.3 is 0 Å². The van der Waals surface area contributed by atoms with Gasteiger partial charge < -0.3 is 9.88 Å². The van der Waals surface area contributed by atoms with Crippen LogP contribution in [0.25, 0.3) is 10.8 Å². The highest BCUT2D eigenvalue weighted by atomic mass is 15.3. The minimum atomic E-state index is 0.387. The Hall–Kier alpha value is -2.20. The van der Waals surface area contributed by atoms with Gasteiger partial charge in [0, 0.05) is 12.6 Å². The number of nitrogens with zero attached hydrogens (tertiary/aromatic N) is 3. The molecule has 1 aromatic heterocycles. The molecule has 0 bridgehead atoms. The number of hydrogen-bond donors (Lipinski definition) is 1. The molecule has 0 aliphatic carbocycles. The van der Waals surface area contributed by atoms with Crippen molar-refractivity contribution in [2.75, 3.05) is 0 Å². The van der Waals surface area contributed by atoms with Gasteiger partial charge in [-0.15, -0.1) is 10.2 Å². The van der Waals surface area contributed by atoms with Gasteiger partial charge in [-0.25, -0.2) is 0 Å². The molecule has 0 saturated carbocycles. The van der Waals surface area contributed by atoms with E-state index in [1.807, 2.05) is 0 Å². The quantitative estimate of drug-likeness (QED) is 0.779. The third-order valence-electron chi connectivity index (χ3n) is 3.63. The van der Waals surface area contributed by atoms with E-state index < -0.39 is 0 Å². The van der Waals surface area contributed by atoms with E-state index in [4.69, 9.17) is 0 Å². The predicted octanol–water partition coefficient (Wildman–Crippen LogP) is 3.30. The zero-order chi connectivity index (χ0) is 14.7. The van der Waals surface area contributed by atoms with Crippen LogP contribution in [0.4, 0.5) is 0 Å². The number of nitrogens with one attached hydrogen (secondary N) is 1. The van der Waals surface area contributed by atoms with Crippen LogP contribution in [0.15, 0.2) is 48.8 Å². The molecule has 0 fully saturated rings. The molecule has 1 N–H and O–H groups in total. The van der Waals surface area contributed by atoms with Crippen molar-refractivity contribution in [1.82, 2.24) is 20.1 Å². The molecule has 108 valence electrons. The highest BCUT2D eigenvalue weighted by molar-refractivity contribution is 5.82. The van der Waals surface area contributed by atoms with Crippen LogP contribution in [0.1, 0.15) is 31.3 Å². The SMILES string of the molecule is CC(C)n1cnnc1CNCc1ccc2ccccc2c1. The Morgan fingerprint density at radius 1 is 1.05 bits per heavy atom. The fraction of sp³-hybridized carbons (Fsp3) is 0.294. The molecule has 0 saturated heterocycles. The molecule has 3 rings (SSSR count). The van der Waals surface area contributed by atoms with Gasteiger partial charge in [-0.05, 0) is 36.2 Å². The summed E-state index contributed by atoms with van der Waals surface area (Å²) < 4.78 is 2.09. The fourth-order valence-corrected chi connectivity index (χ4v) is 2.49. The summed E-state index contributed by atoms with van der Waals surface area (Å²) in [6, 6.07) is 15.4. The molecule has 4 heteroatoms. The van der Waals surface area contributed by atoms with E-state index in [1.54, 1.807) is 6.33 Å². The number of hydrogen-bond acceptors (Lipinski definition) is 3. The molecule has 4 nitrogen and oxygen atoms in total. The van der Waals surface area contributed by atoms with Gasteiger partial charge in [0.15, 0.2) is 0 Å². The van der Waals surface area contributed by atoms with E-state index in [2.05, 4.69) is 76.4 Å². The number of rotatable bonds is 5. The van der Waals surface area contributed by atoms with Crippen LogP contribution in [0.3, 0.4) is 0 Å². The average molecular weight is 280 g/mol. The van der Waals surface area contributed by atoms with Crippen molar-refractivity contribution in [3.63, 3.8) is 0 Å². The van der Waals surface area contributed by atoms with Crippen molar-refractivity contribution in [1.29, 1.82) is 0 Å². The Balaban J connectivity index is 1.65. The monoisotopic (exact) mass is 280 g/mol. The van der Waals surface area contributed by atoms with Gasteiger partial charge in [0.25, 0.3) is 0 Å². The van der Waals surface area contributed by atoms with E-state index in [0.717, 1.165) is 18.9 Å². The van der Waals surface area contributed by atoms with Crippen molar-refractivity contribution in [2.45, 2.75) is 33.0 Å². The smallest absolute Gasteiger partial charge is 0.147 e. The first-order valence-corrected chi connectivity index (χ1v) is 7.31. The van der Waals surface area contributed by atoms with Gasteiger partial charge in [0.05, 0.1) is 6.54 Å². The largest absolute Gasteiger partial charge is 0.314 e. The van der Waals surface area contributed by atoms with Crippen molar-refractivity contribution < 1.29 is 0 Å². The topological polar surface area (TPSA) is 42.7 Å². The second-order valence-electron chi connectivity index (χ2n) is 5.53. The number of fused-ring (bicyclic) bond motifs is 1. The maximum absolute atomic E-state index is 4.17. The lowest BCUT2D eigenvalue weighted by atomic mass is 10.1. The highest BCUT2D eigenvalue weighted by Gasteiger charge is 2.06. The molecule has 0 unspecified atom stereocenters. The summed E-state index contributed by atoms with van der Waals surface area (Å²) >= 11 is 0. The summed E-state index contributed by atoms with van der Waals surface area (Å²) in [4.78, 5) is 0. The van der Waals surface area contributed by atoms with E-state index in [1.165, 1.54) is 16.3 Å². The zero-order valence-corrected chi connectivity index (χ0v) is 12.5. The minimum absolute atomic E-state index is 0.387. The van der Waals surface area contributed by atoms with Crippen LogP contribution in [0.2, 0.25) is 0 Å². The van der Waals surface area contributed by atoms with E-state index in [0.29, 0.717) is 6.04 Å². The lowest BCUT2D eigenvalue weighted by molar-refractivity contribution is 0.541. The minimum Gasteiger partial charge on any atom is -0.314 e. The van der Waals surface area contributed by atoms with Gasteiger partial charge in [-0.2, -0.15) is 0 Å². The number of benzene rings is 2. The van der Waals surface area contributed by atoms with Crippen LogP contribution in [-0.4, -0.2) is 14.8 Å². The second kappa shape index (κ2) is 6.06. The third kappa shape index (κ3) is 3.11. The van der Waals surface area contributed by atoms with Crippen LogP contribution in [0, 0.1) is 0 Å². The first-order valence-electron chi connectivity index (χ1n) is 7.31. The third-order valence-corrected chi connectivity index (χ3v) is 3.63. The van der Waals surface area contributed by atoms with E-state index in [9.17, 15) is 0 Å². The van der Waals surface area contributed by atoms with Gasteiger partial charge in [0.2, 0.25) is 0 Å². The molecule has 0 spiro atoms. The standard InChI is InChI=1S/C17H20N4/c1-13(2)21-12-19-20-17(21)11-18-10-14-7-8-15-5-3-4-6-16(15)9-14/h3-9,12-13,18H,10-11H2,1-2H3. The lowest BCUT2D eigenvalue weighted by Gasteiger charge is -2.11. The van der Waals surface area contributed by atoms with Gasteiger partial charge in [-0.3, -0.25) is 0 Å². The Labute approximate surface area is 124 Å². The fourth-order valence-electron chi connectivity index (χ4n) is 2.49. The second-order valence-corrected chi connectivity index (χ2v) is 5.53. The Kier molecular flexibility index (Phi) is 3.97. The average Bonchev–Trinajstić information content (AvgIpc) is 2.96. The molecule has 3 aromatic rings. The van der Waals surface area contributed by atoms with Crippen LogP contribution < -0.4 is 5.32 Å². The summed E-state index contributed by atoms with van der Waals surface area (Å²) in [5.74, 6) is 0.978. The number of aromatic nitrogens is 3. The van der Waals surface area contributed by atoms with Crippen LogP contribution in [0.5, 0.6) is 0 Å². The normalized spacial score (nSPS) is 11.4. The maximum atomic E-state index is 4.17. The molecule has 0 atom stereocenters. The molecule has 0 aliphatic rings. The lowest BCUT2D eigenvalue weighted by Crippen LogP contribution is -2.17. The summed E-state index contributed by atoms with van der Waals surface area (Å²) in [5, 5.41) is 14.2. The van der Waals surface area contributed by atoms with Crippen LogP contribution >= 0.6 is 0 Å². The van der Waals surface area contributed by atoms with Gasteiger partial charge in [0.1, 0.15) is 12.2 Å². The molecule has 2 aromatic carbocycles. The molecular formula is C17H20N4. The van der Waals surface area contributed by atoms with Crippen molar-refractivity contribution in [3.8, 4) is 0 Å². The summed E-state index contributed by atoms with van der Waals surface area (Å²) in [6.07, 6.45) is 1.79. The zero-order valence-electron chi connectivity index (χ0n) is 12.5. The summed E-state index contributed by atoms with van der Waals surface area (Å²) in [7, 11) is 0. The summed E-state index contributed by atoms with van der Waals surface area (Å²) in [6.45, 7) is 5.83. The van der Waals surface area contributed by atoms with Crippen LogP contribution in [-0.2, 0) is 13.1 Å². The maximum Gasteiger partial charge on any atom is 0.147 e. The van der Waals surface area contributed by atoms with Gasteiger partial charge in [-0.1, -0.05) is 36.4 Å².